The van der Waals surface area contributed by atoms with Gasteiger partial charge in [-0.15, -0.1) is 0 Å². The summed E-state index contributed by atoms with van der Waals surface area (Å²) < 4.78 is 14.5. The largest absolute Gasteiger partial charge is 0.463 e. The maximum absolute atomic E-state index is 10.8. The molecule has 0 heterocycles. The number of ether oxygens (including phenoxy) is 2. The number of hydrogen-bond acceptors (Lipinski definition) is 6. The van der Waals surface area contributed by atoms with E-state index in [-0.39, 0.29) is 31.2 Å². The third kappa shape index (κ3) is 7.18. The van der Waals surface area contributed by atoms with Gasteiger partial charge < -0.3 is 13.7 Å². The number of hydrogen-bond donors (Lipinski definition) is 2. The summed E-state index contributed by atoms with van der Waals surface area (Å²) in [7, 11) is 0. The van der Waals surface area contributed by atoms with E-state index >= 15 is 0 Å². The Morgan fingerprint density at radius 3 is 2.62 bits per heavy atom. The van der Waals surface area contributed by atoms with Gasteiger partial charge in [0.1, 0.15) is 12.7 Å². The molecule has 0 aliphatic heterocycles. The van der Waals surface area contributed by atoms with Crippen molar-refractivity contribution >= 4 is 31.5 Å². The lowest BCUT2D eigenvalue weighted by molar-refractivity contribution is -0.147. The maximum Gasteiger partial charge on any atom is 0.305 e. The second kappa shape index (κ2) is 8.68. The molecule has 0 rings (SSSR count). The Morgan fingerprint density at radius 2 is 2.15 bits per heavy atom. The van der Waals surface area contributed by atoms with Crippen LogP contribution in [-0.2, 0) is 18.5 Å². The zero-order valence-corrected chi connectivity index (χ0v) is 9.22. The first-order valence-corrected chi connectivity index (χ1v) is 4.88. The lowest BCUT2D eigenvalue weighted by Gasteiger charge is -2.14. The molecule has 0 fully saturated rings. The Bertz CT molecular complexity index is 136. The summed E-state index contributed by atoms with van der Waals surface area (Å²) in [6.07, 6.45) is 0.0560. The molecule has 13 heavy (non-hydrogen) atoms. The Morgan fingerprint density at radius 1 is 1.46 bits per heavy atom. The molecule has 0 aromatic carbocycles. The zero-order chi connectivity index (χ0) is 10.1. The Kier molecular flexibility index (Phi) is 8.74. The van der Waals surface area contributed by atoms with Crippen LogP contribution in [0.25, 0.3) is 0 Å². The van der Waals surface area contributed by atoms with Gasteiger partial charge in [0.15, 0.2) is 0 Å². The van der Waals surface area contributed by atoms with Gasteiger partial charge in [-0.05, 0) is 12.9 Å². The first-order chi connectivity index (χ1) is 6.24. The topological polar surface area (TPSA) is 44.8 Å². The highest BCUT2D eigenvalue weighted by molar-refractivity contribution is 7.80. The van der Waals surface area contributed by atoms with Crippen LogP contribution in [0.2, 0.25) is 0 Å². The molecule has 0 aliphatic rings. The smallest absolute Gasteiger partial charge is 0.305 e. The summed E-state index contributed by atoms with van der Waals surface area (Å²) in [5, 5.41) is 0. The normalized spacial score (nSPS) is 12.5. The number of rotatable bonds is 7. The zero-order valence-electron chi connectivity index (χ0n) is 7.43. The molecule has 0 spiro atoms. The molecule has 0 aromatic rings. The number of esters is 1. The van der Waals surface area contributed by atoms with Gasteiger partial charge in [0.25, 0.3) is 0 Å². The highest BCUT2D eigenvalue weighted by Crippen LogP contribution is 1.98. The summed E-state index contributed by atoms with van der Waals surface area (Å²) in [6, 6.07) is 0. The highest BCUT2D eigenvalue weighted by atomic mass is 32.1. The second-order valence-corrected chi connectivity index (χ2v) is 2.77. The minimum atomic E-state index is -0.300. The molecule has 0 aliphatic carbocycles. The van der Waals surface area contributed by atoms with Crippen molar-refractivity contribution in [2.24, 2.45) is 0 Å². The van der Waals surface area contributed by atoms with Crippen LogP contribution in [-0.4, -0.2) is 31.2 Å². The van der Waals surface area contributed by atoms with Gasteiger partial charge in [-0.3, -0.25) is 4.79 Å². The summed E-state index contributed by atoms with van der Waals surface area (Å²) in [4.78, 5) is 10.8. The van der Waals surface area contributed by atoms with Crippen molar-refractivity contribution in [2.75, 3.05) is 19.2 Å². The van der Waals surface area contributed by atoms with Gasteiger partial charge in [-0.2, -0.15) is 12.6 Å². The van der Waals surface area contributed by atoms with Crippen LogP contribution < -0.4 is 0 Å². The van der Waals surface area contributed by atoms with Crippen LogP contribution in [0, 0.1) is 0 Å². The van der Waals surface area contributed by atoms with E-state index in [1.54, 1.807) is 6.92 Å². The fourth-order valence-electron chi connectivity index (χ4n) is 0.621. The molecule has 0 amide bonds. The lowest BCUT2D eigenvalue weighted by atomic mass is 10.4. The van der Waals surface area contributed by atoms with Crippen molar-refractivity contribution in [2.45, 2.75) is 19.4 Å². The third-order valence-electron chi connectivity index (χ3n) is 1.29. The standard InChI is InChI=1S/C7H14O4S2/c1-2-7(8)9-3-6(4-11-13)10-5-12/h6,12-13H,2-5H2,1H3. The fraction of sp³-hybridized carbons (Fsp3) is 0.857. The molecular formula is C7H14O4S2. The molecule has 1 unspecified atom stereocenters. The fourth-order valence-corrected chi connectivity index (χ4v) is 0.998. The van der Waals surface area contributed by atoms with Crippen molar-refractivity contribution < 1.29 is 18.5 Å². The van der Waals surface area contributed by atoms with E-state index < -0.39 is 0 Å². The van der Waals surface area contributed by atoms with Gasteiger partial charge in [0, 0.05) is 6.42 Å². The van der Waals surface area contributed by atoms with Crippen LogP contribution in [0.1, 0.15) is 13.3 Å². The third-order valence-corrected chi connectivity index (χ3v) is 1.59. The maximum atomic E-state index is 10.8. The number of thiol groups is 2. The van der Waals surface area contributed by atoms with E-state index in [1.807, 2.05) is 0 Å². The van der Waals surface area contributed by atoms with E-state index in [4.69, 9.17) is 9.47 Å². The summed E-state index contributed by atoms with van der Waals surface area (Å²) in [6.45, 7) is 2.17. The minimum absolute atomic E-state index is 0.174. The van der Waals surface area contributed by atoms with Crippen molar-refractivity contribution in [1.29, 1.82) is 0 Å². The Hall–Kier alpha value is 0.0900. The van der Waals surface area contributed by atoms with Gasteiger partial charge in [0.05, 0.1) is 12.5 Å². The van der Waals surface area contributed by atoms with E-state index in [0.717, 1.165) is 0 Å². The molecule has 0 radical (unpaired) electrons. The van der Waals surface area contributed by atoms with Crippen molar-refractivity contribution in [3.8, 4) is 0 Å². The van der Waals surface area contributed by atoms with Crippen LogP contribution in [0.3, 0.4) is 0 Å². The molecule has 78 valence electrons. The molecule has 6 heteroatoms. The SMILES string of the molecule is CCC(=O)OCC(COS)OCS. The summed E-state index contributed by atoms with van der Waals surface area (Å²) in [5.41, 5.74) is 0. The summed E-state index contributed by atoms with van der Waals surface area (Å²) in [5.74, 6) is -0.00204. The minimum Gasteiger partial charge on any atom is -0.463 e. The highest BCUT2D eigenvalue weighted by Gasteiger charge is 2.10. The van der Waals surface area contributed by atoms with Crippen molar-refractivity contribution in [3.05, 3.63) is 0 Å². The van der Waals surface area contributed by atoms with Gasteiger partial charge in [-0.25, -0.2) is 0 Å². The monoisotopic (exact) mass is 226 g/mol. The van der Waals surface area contributed by atoms with Crippen molar-refractivity contribution in [1.82, 2.24) is 0 Å². The average Bonchev–Trinajstić information content (AvgIpc) is 2.14. The van der Waals surface area contributed by atoms with Crippen LogP contribution in [0.15, 0.2) is 0 Å². The average molecular weight is 226 g/mol. The predicted molar refractivity (Wildman–Crippen MR) is 54.9 cm³/mol. The quantitative estimate of drug-likeness (QED) is 0.295. The number of carbonyl (C=O) groups excluding carboxylic acids is 1. The number of carbonyl (C=O) groups is 1. The molecule has 1 atom stereocenters. The van der Waals surface area contributed by atoms with Crippen molar-refractivity contribution in [3.63, 3.8) is 0 Å². The van der Waals surface area contributed by atoms with Gasteiger partial charge in [-0.1, -0.05) is 6.92 Å². The second-order valence-electron chi connectivity index (χ2n) is 2.25. The summed E-state index contributed by atoms with van der Waals surface area (Å²) >= 11 is 7.45. The molecule has 4 nitrogen and oxygen atoms in total. The Balaban J connectivity index is 3.61. The first kappa shape index (κ1) is 13.1. The van der Waals surface area contributed by atoms with Crippen LogP contribution >= 0.6 is 25.5 Å². The lowest BCUT2D eigenvalue weighted by Crippen LogP contribution is -2.25. The Labute approximate surface area is 89.0 Å². The predicted octanol–water partition coefficient (Wildman–Crippen LogP) is 1.07. The molecular weight excluding hydrogens is 212 g/mol. The molecule has 0 aromatic heterocycles. The molecule has 0 saturated carbocycles. The molecule has 0 saturated heterocycles. The molecule has 0 bridgehead atoms. The van der Waals surface area contributed by atoms with Crippen LogP contribution in [0.5, 0.6) is 0 Å². The van der Waals surface area contributed by atoms with Gasteiger partial charge >= 0.3 is 5.97 Å². The molecule has 0 N–H and O–H groups in total. The van der Waals surface area contributed by atoms with E-state index in [0.29, 0.717) is 6.42 Å². The van der Waals surface area contributed by atoms with Crippen LogP contribution in [0.4, 0.5) is 0 Å². The van der Waals surface area contributed by atoms with E-state index in [1.165, 1.54) is 0 Å². The van der Waals surface area contributed by atoms with Gasteiger partial charge in [0.2, 0.25) is 0 Å². The first-order valence-electron chi connectivity index (χ1n) is 3.89. The van der Waals surface area contributed by atoms with E-state index in [2.05, 4.69) is 29.7 Å². The van der Waals surface area contributed by atoms with E-state index in [9.17, 15) is 4.79 Å².